The summed E-state index contributed by atoms with van der Waals surface area (Å²) in [5.74, 6) is -0.146. The summed E-state index contributed by atoms with van der Waals surface area (Å²) in [5.41, 5.74) is 6.15. The van der Waals surface area contributed by atoms with Crippen LogP contribution in [0.4, 0.5) is 10.3 Å². The van der Waals surface area contributed by atoms with E-state index in [9.17, 15) is 4.39 Å². The van der Waals surface area contributed by atoms with Gasteiger partial charge in [0, 0.05) is 17.8 Å². The fourth-order valence-corrected chi connectivity index (χ4v) is 1.27. The van der Waals surface area contributed by atoms with E-state index in [0.717, 1.165) is 6.20 Å². The quantitative estimate of drug-likeness (QED) is 0.824. The molecular formula is C10H9FN4O. The van der Waals surface area contributed by atoms with Crippen LogP contribution in [-0.4, -0.2) is 22.1 Å². The highest BCUT2D eigenvalue weighted by Crippen LogP contribution is 2.23. The van der Waals surface area contributed by atoms with E-state index in [4.69, 9.17) is 10.5 Å². The minimum Gasteiger partial charge on any atom is -0.481 e. The van der Waals surface area contributed by atoms with E-state index in [1.165, 1.54) is 25.4 Å². The number of rotatable bonds is 2. The third kappa shape index (κ3) is 1.90. The second-order valence-electron chi connectivity index (χ2n) is 3.01. The summed E-state index contributed by atoms with van der Waals surface area (Å²) in [6, 6.07) is 3.02. The Balaban J connectivity index is 2.56. The van der Waals surface area contributed by atoms with E-state index in [0.29, 0.717) is 17.1 Å². The highest BCUT2D eigenvalue weighted by atomic mass is 19.1. The van der Waals surface area contributed by atoms with Crippen LogP contribution in [0.25, 0.3) is 11.3 Å². The summed E-state index contributed by atoms with van der Waals surface area (Å²) in [5, 5.41) is 0. The number of hydrogen-bond donors (Lipinski definition) is 1. The monoisotopic (exact) mass is 220 g/mol. The maximum Gasteiger partial charge on any atom is 0.223 e. The van der Waals surface area contributed by atoms with Crippen molar-refractivity contribution in [2.75, 3.05) is 12.8 Å². The summed E-state index contributed by atoms with van der Waals surface area (Å²) in [4.78, 5) is 11.4. The number of aromatic nitrogens is 3. The first kappa shape index (κ1) is 10.3. The number of methoxy groups -OCH3 is 1. The Morgan fingerprint density at radius 2 is 2.19 bits per heavy atom. The molecule has 0 aliphatic heterocycles. The Labute approximate surface area is 91.1 Å². The van der Waals surface area contributed by atoms with Gasteiger partial charge >= 0.3 is 0 Å². The van der Waals surface area contributed by atoms with Crippen LogP contribution >= 0.6 is 0 Å². The third-order valence-electron chi connectivity index (χ3n) is 1.98. The van der Waals surface area contributed by atoms with Crippen LogP contribution in [-0.2, 0) is 0 Å². The van der Waals surface area contributed by atoms with Gasteiger partial charge in [0.25, 0.3) is 0 Å². The molecule has 0 saturated heterocycles. The number of nitrogens with two attached hydrogens (primary N) is 1. The topological polar surface area (TPSA) is 73.9 Å². The van der Waals surface area contributed by atoms with Gasteiger partial charge in [-0.1, -0.05) is 0 Å². The number of nitrogen functional groups attached to an aromatic ring is 1. The predicted molar refractivity (Wildman–Crippen MR) is 56.2 cm³/mol. The van der Waals surface area contributed by atoms with Crippen LogP contribution in [0.1, 0.15) is 0 Å². The van der Waals surface area contributed by atoms with Crippen molar-refractivity contribution in [1.29, 1.82) is 0 Å². The molecule has 0 spiro atoms. The molecule has 0 unspecified atom stereocenters. The molecule has 2 aromatic rings. The molecular weight excluding hydrogens is 211 g/mol. The molecule has 5 nitrogen and oxygen atoms in total. The van der Waals surface area contributed by atoms with Gasteiger partial charge in [-0.25, -0.2) is 9.37 Å². The Bertz CT molecular complexity index is 518. The molecule has 2 N–H and O–H groups in total. The van der Waals surface area contributed by atoms with Gasteiger partial charge in [-0.2, -0.15) is 4.98 Å². The summed E-state index contributed by atoms with van der Waals surface area (Å²) >= 11 is 0. The lowest BCUT2D eigenvalue weighted by Crippen LogP contribution is -2.00. The number of hydrogen-bond acceptors (Lipinski definition) is 5. The van der Waals surface area contributed by atoms with Crippen LogP contribution in [0.15, 0.2) is 24.5 Å². The maximum atomic E-state index is 13.4. The van der Waals surface area contributed by atoms with Crippen molar-refractivity contribution in [2.45, 2.75) is 0 Å². The maximum absolute atomic E-state index is 13.4. The molecule has 0 radical (unpaired) electrons. The van der Waals surface area contributed by atoms with Gasteiger partial charge in [0.2, 0.25) is 11.8 Å². The van der Waals surface area contributed by atoms with Crippen LogP contribution in [0.2, 0.25) is 0 Å². The lowest BCUT2D eigenvalue weighted by atomic mass is 10.2. The zero-order chi connectivity index (χ0) is 11.5. The molecule has 82 valence electrons. The van der Waals surface area contributed by atoms with Gasteiger partial charge in [0.15, 0.2) is 5.82 Å². The van der Waals surface area contributed by atoms with Crippen molar-refractivity contribution in [3.63, 3.8) is 0 Å². The van der Waals surface area contributed by atoms with Crippen LogP contribution in [0, 0.1) is 5.82 Å². The van der Waals surface area contributed by atoms with Crippen molar-refractivity contribution in [3.8, 4) is 17.1 Å². The molecule has 2 heterocycles. The molecule has 0 aromatic carbocycles. The smallest absolute Gasteiger partial charge is 0.223 e. The Morgan fingerprint density at radius 1 is 1.38 bits per heavy atom. The van der Waals surface area contributed by atoms with Gasteiger partial charge in [0.05, 0.1) is 19.0 Å². The van der Waals surface area contributed by atoms with Crippen molar-refractivity contribution < 1.29 is 9.13 Å². The standard InChI is InChI=1S/C10H9FN4O/c1-16-9-4-8(14-10(12)15-9)6-2-3-13-5-7(6)11/h2-5H,1H3,(H2,12,14,15). The van der Waals surface area contributed by atoms with E-state index >= 15 is 0 Å². The summed E-state index contributed by atoms with van der Waals surface area (Å²) in [7, 11) is 1.45. The van der Waals surface area contributed by atoms with Gasteiger partial charge < -0.3 is 10.5 Å². The van der Waals surface area contributed by atoms with Crippen LogP contribution in [0.5, 0.6) is 5.88 Å². The minimum atomic E-state index is -0.470. The van der Waals surface area contributed by atoms with Crippen LogP contribution in [0.3, 0.4) is 0 Å². The zero-order valence-corrected chi connectivity index (χ0v) is 8.51. The molecule has 2 aromatic heterocycles. The van der Waals surface area contributed by atoms with E-state index in [1.807, 2.05) is 0 Å². The average Bonchev–Trinajstić information content (AvgIpc) is 2.28. The van der Waals surface area contributed by atoms with Crippen LogP contribution < -0.4 is 10.5 Å². The number of pyridine rings is 1. The van der Waals surface area contributed by atoms with E-state index < -0.39 is 5.82 Å². The van der Waals surface area contributed by atoms with Gasteiger partial charge in [-0.05, 0) is 6.07 Å². The lowest BCUT2D eigenvalue weighted by Gasteiger charge is -2.05. The van der Waals surface area contributed by atoms with E-state index in [2.05, 4.69) is 15.0 Å². The second kappa shape index (κ2) is 4.09. The molecule has 0 aliphatic rings. The molecule has 16 heavy (non-hydrogen) atoms. The number of anilines is 1. The first-order valence-electron chi connectivity index (χ1n) is 4.49. The Hall–Kier alpha value is -2.24. The minimum absolute atomic E-state index is 0.0329. The molecule has 0 saturated carbocycles. The lowest BCUT2D eigenvalue weighted by molar-refractivity contribution is 0.398. The Kier molecular flexibility index (Phi) is 2.63. The molecule has 0 aliphatic carbocycles. The average molecular weight is 220 g/mol. The van der Waals surface area contributed by atoms with Crippen molar-refractivity contribution in [1.82, 2.24) is 15.0 Å². The van der Waals surface area contributed by atoms with Gasteiger partial charge in [0.1, 0.15) is 0 Å². The van der Waals surface area contributed by atoms with E-state index in [1.54, 1.807) is 0 Å². The van der Waals surface area contributed by atoms with E-state index in [-0.39, 0.29) is 5.95 Å². The van der Waals surface area contributed by atoms with Crippen molar-refractivity contribution >= 4 is 5.95 Å². The molecule has 2 rings (SSSR count). The molecule has 0 amide bonds. The SMILES string of the molecule is COc1cc(-c2ccncc2F)nc(N)n1. The second-order valence-corrected chi connectivity index (χ2v) is 3.01. The number of halogens is 1. The fraction of sp³-hybridized carbons (Fsp3) is 0.100. The number of nitrogens with zero attached hydrogens (tertiary/aromatic N) is 3. The fourth-order valence-electron chi connectivity index (χ4n) is 1.27. The first-order chi connectivity index (χ1) is 7.70. The summed E-state index contributed by atoms with van der Waals surface area (Å²) in [6.07, 6.45) is 2.59. The first-order valence-corrected chi connectivity index (χ1v) is 4.49. The highest BCUT2D eigenvalue weighted by Gasteiger charge is 2.09. The van der Waals surface area contributed by atoms with Crippen molar-refractivity contribution in [2.24, 2.45) is 0 Å². The summed E-state index contributed by atoms with van der Waals surface area (Å²) in [6.45, 7) is 0. The third-order valence-corrected chi connectivity index (χ3v) is 1.98. The molecule has 0 fully saturated rings. The molecule has 6 heteroatoms. The Morgan fingerprint density at radius 3 is 2.88 bits per heavy atom. The normalized spacial score (nSPS) is 10.1. The molecule has 0 atom stereocenters. The predicted octanol–water partition coefficient (Wildman–Crippen LogP) is 1.27. The molecule has 0 bridgehead atoms. The largest absolute Gasteiger partial charge is 0.481 e. The number of ether oxygens (including phenoxy) is 1. The summed E-state index contributed by atoms with van der Waals surface area (Å²) < 4.78 is 18.4. The van der Waals surface area contributed by atoms with Gasteiger partial charge in [-0.3, -0.25) is 4.98 Å². The van der Waals surface area contributed by atoms with Crippen molar-refractivity contribution in [3.05, 3.63) is 30.3 Å². The zero-order valence-electron chi connectivity index (χ0n) is 8.51. The van der Waals surface area contributed by atoms with Gasteiger partial charge in [-0.15, -0.1) is 0 Å². The highest BCUT2D eigenvalue weighted by molar-refractivity contribution is 5.61.